The molecule has 2 aromatic heterocycles. The van der Waals surface area contributed by atoms with Crippen molar-refractivity contribution in [3.05, 3.63) is 46.3 Å². The molecule has 3 heterocycles. The Bertz CT molecular complexity index is 630. The first-order valence-electron chi connectivity index (χ1n) is 8.52. The van der Waals surface area contributed by atoms with E-state index in [0.29, 0.717) is 0 Å². The molecule has 5 nitrogen and oxygen atoms in total. The molecule has 0 atom stereocenters. The molecular formula is C18H25N5S. The standard InChI is InChI=1S/C18H25N5S/c1-19-18(20-9-8-16-5-4-12-24-16)22-14-15-6-7-17(21-13-15)23-10-2-3-11-23/h4-7,12-13H,2-3,8-11,14H2,1H3,(H2,19,20,22). The fourth-order valence-corrected chi connectivity index (χ4v) is 3.53. The normalized spacial score (nSPS) is 14.9. The van der Waals surface area contributed by atoms with Crippen molar-refractivity contribution in [2.75, 3.05) is 31.6 Å². The van der Waals surface area contributed by atoms with Crippen LogP contribution in [0.1, 0.15) is 23.3 Å². The molecule has 1 saturated heterocycles. The highest BCUT2D eigenvalue weighted by molar-refractivity contribution is 7.09. The van der Waals surface area contributed by atoms with Crippen molar-refractivity contribution < 1.29 is 0 Å². The summed E-state index contributed by atoms with van der Waals surface area (Å²) >= 11 is 1.79. The molecule has 0 aliphatic carbocycles. The van der Waals surface area contributed by atoms with Gasteiger partial charge in [-0.25, -0.2) is 4.98 Å². The van der Waals surface area contributed by atoms with Gasteiger partial charge in [-0.15, -0.1) is 11.3 Å². The van der Waals surface area contributed by atoms with Gasteiger partial charge in [0.15, 0.2) is 5.96 Å². The Hall–Kier alpha value is -2.08. The van der Waals surface area contributed by atoms with Crippen molar-refractivity contribution in [2.24, 2.45) is 4.99 Å². The van der Waals surface area contributed by atoms with E-state index in [0.717, 1.165) is 44.4 Å². The number of hydrogen-bond donors (Lipinski definition) is 2. The predicted octanol–water partition coefficient (Wildman–Crippen LogP) is 2.65. The number of anilines is 1. The number of aromatic nitrogens is 1. The van der Waals surface area contributed by atoms with Crippen LogP contribution in [0.5, 0.6) is 0 Å². The van der Waals surface area contributed by atoms with E-state index in [1.54, 1.807) is 18.4 Å². The van der Waals surface area contributed by atoms with Crippen LogP contribution in [0.4, 0.5) is 5.82 Å². The third kappa shape index (κ3) is 4.71. The van der Waals surface area contributed by atoms with Crippen LogP contribution < -0.4 is 15.5 Å². The average Bonchev–Trinajstić information content (AvgIpc) is 3.32. The Morgan fingerprint density at radius 3 is 2.79 bits per heavy atom. The largest absolute Gasteiger partial charge is 0.357 e. The summed E-state index contributed by atoms with van der Waals surface area (Å²) in [5, 5.41) is 8.81. The van der Waals surface area contributed by atoms with Crippen LogP contribution in [0.25, 0.3) is 0 Å². The molecule has 128 valence electrons. The summed E-state index contributed by atoms with van der Waals surface area (Å²) in [5.74, 6) is 1.92. The lowest BCUT2D eigenvalue weighted by Gasteiger charge is -2.16. The molecule has 0 spiro atoms. The number of rotatable bonds is 6. The van der Waals surface area contributed by atoms with E-state index in [-0.39, 0.29) is 0 Å². The molecule has 3 rings (SSSR count). The second-order valence-corrected chi connectivity index (χ2v) is 6.93. The molecule has 0 bridgehead atoms. The molecule has 1 aliphatic rings. The summed E-state index contributed by atoms with van der Waals surface area (Å²) in [6, 6.07) is 8.52. The minimum absolute atomic E-state index is 0.728. The van der Waals surface area contributed by atoms with E-state index in [1.807, 2.05) is 6.20 Å². The molecule has 1 aliphatic heterocycles. The Kier molecular flexibility index (Phi) is 6.07. The smallest absolute Gasteiger partial charge is 0.191 e. The van der Waals surface area contributed by atoms with Gasteiger partial charge in [0, 0.05) is 44.3 Å². The summed E-state index contributed by atoms with van der Waals surface area (Å²) in [5.41, 5.74) is 1.17. The zero-order chi connectivity index (χ0) is 16.6. The maximum absolute atomic E-state index is 4.59. The Morgan fingerprint density at radius 2 is 2.12 bits per heavy atom. The summed E-state index contributed by atoms with van der Waals surface area (Å²) in [6.07, 6.45) is 5.53. The van der Waals surface area contributed by atoms with Crippen LogP contribution in [0.2, 0.25) is 0 Å². The van der Waals surface area contributed by atoms with Crippen molar-refractivity contribution in [3.8, 4) is 0 Å². The van der Waals surface area contributed by atoms with E-state index in [1.165, 1.54) is 23.3 Å². The number of nitrogens with one attached hydrogen (secondary N) is 2. The first-order chi connectivity index (χ1) is 11.8. The van der Waals surface area contributed by atoms with Crippen molar-refractivity contribution in [1.29, 1.82) is 0 Å². The lowest BCUT2D eigenvalue weighted by Crippen LogP contribution is -2.37. The SMILES string of the molecule is CN=C(NCCc1cccs1)NCc1ccc(N2CCCC2)nc1. The summed E-state index contributed by atoms with van der Waals surface area (Å²) in [4.78, 5) is 12.6. The second kappa shape index (κ2) is 8.68. The molecular weight excluding hydrogens is 318 g/mol. The Morgan fingerprint density at radius 1 is 1.25 bits per heavy atom. The zero-order valence-electron chi connectivity index (χ0n) is 14.2. The van der Waals surface area contributed by atoms with Gasteiger partial charge in [-0.1, -0.05) is 12.1 Å². The van der Waals surface area contributed by atoms with Crippen LogP contribution in [-0.2, 0) is 13.0 Å². The van der Waals surface area contributed by atoms with Gasteiger partial charge in [-0.2, -0.15) is 0 Å². The number of aliphatic imine (C=N–C) groups is 1. The maximum atomic E-state index is 4.59. The molecule has 2 aromatic rings. The lowest BCUT2D eigenvalue weighted by atomic mass is 10.3. The highest BCUT2D eigenvalue weighted by Crippen LogP contribution is 2.17. The van der Waals surface area contributed by atoms with Gasteiger partial charge in [-0.05, 0) is 42.3 Å². The number of thiophene rings is 1. The van der Waals surface area contributed by atoms with Gasteiger partial charge >= 0.3 is 0 Å². The Balaban J connectivity index is 1.43. The highest BCUT2D eigenvalue weighted by Gasteiger charge is 2.12. The van der Waals surface area contributed by atoms with Crippen molar-refractivity contribution in [1.82, 2.24) is 15.6 Å². The molecule has 6 heteroatoms. The van der Waals surface area contributed by atoms with E-state index < -0.39 is 0 Å². The van der Waals surface area contributed by atoms with E-state index in [4.69, 9.17) is 0 Å². The fourth-order valence-electron chi connectivity index (χ4n) is 2.82. The number of nitrogens with zero attached hydrogens (tertiary/aromatic N) is 3. The molecule has 0 amide bonds. The van der Waals surface area contributed by atoms with Gasteiger partial charge in [0.05, 0.1) is 0 Å². The monoisotopic (exact) mass is 343 g/mol. The zero-order valence-corrected chi connectivity index (χ0v) is 15.0. The third-order valence-corrected chi connectivity index (χ3v) is 5.10. The van der Waals surface area contributed by atoms with Gasteiger partial charge < -0.3 is 15.5 Å². The molecule has 0 saturated carbocycles. The van der Waals surface area contributed by atoms with E-state index >= 15 is 0 Å². The van der Waals surface area contributed by atoms with Gasteiger partial charge in [0.25, 0.3) is 0 Å². The van der Waals surface area contributed by atoms with Gasteiger partial charge in [-0.3, -0.25) is 4.99 Å². The molecule has 0 aromatic carbocycles. The average molecular weight is 344 g/mol. The minimum atomic E-state index is 0.728. The van der Waals surface area contributed by atoms with Crippen LogP contribution in [0.3, 0.4) is 0 Å². The Labute approximate surface area is 147 Å². The third-order valence-electron chi connectivity index (χ3n) is 4.17. The highest BCUT2D eigenvalue weighted by atomic mass is 32.1. The molecule has 1 fully saturated rings. The molecule has 0 radical (unpaired) electrons. The van der Waals surface area contributed by atoms with E-state index in [9.17, 15) is 0 Å². The van der Waals surface area contributed by atoms with Gasteiger partial charge in [0.2, 0.25) is 0 Å². The van der Waals surface area contributed by atoms with Crippen LogP contribution in [0.15, 0.2) is 40.8 Å². The molecule has 2 N–H and O–H groups in total. The first-order valence-corrected chi connectivity index (χ1v) is 9.40. The lowest BCUT2D eigenvalue weighted by molar-refractivity contribution is 0.796. The number of hydrogen-bond acceptors (Lipinski definition) is 4. The first kappa shape index (κ1) is 16.8. The summed E-state index contributed by atoms with van der Waals surface area (Å²) < 4.78 is 0. The topological polar surface area (TPSA) is 52.6 Å². The van der Waals surface area contributed by atoms with Crippen molar-refractivity contribution in [3.63, 3.8) is 0 Å². The van der Waals surface area contributed by atoms with Crippen molar-refractivity contribution >= 4 is 23.1 Å². The van der Waals surface area contributed by atoms with Crippen molar-refractivity contribution in [2.45, 2.75) is 25.8 Å². The summed E-state index contributed by atoms with van der Waals surface area (Å²) in [6.45, 7) is 3.87. The fraction of sp³-hybridized carbons (Fsp3) is 0.444. The van der Waals surface area contributed by atoms with Gasteiger partial charge in [0.1, 0.15) is 5.82 Å². The number of pyridine rings is 1. The second-order valence-electron chi connectivity index (χ2n) is 5.90. The minimum Gasteiger partial charge on any atom is -0.357 e. The van der Waals surface area contributed by atoms with E-state index in [2.05, 4.69) is 55.2 Å². The molecule has 0 unspecified atom stereocenters. The molecule has 24 heavy (non-hydrogen) atoms. The predicted molar refractivity (Wildman–Crippen MR) is 102 cm³/mol. The maximum Gasteiger partial charge on any atom is 0.191 e. The van der Waals surface area contributed by atoms with Crippen LogP contribution in [0, 0.1) is 0 Å². The van der Waals surface area contributed by atoms with Crippen LogP contribution in [-0.4, -0.2) is 37.6 Å². The summed E-state index contributed by atoms with van der Waals surface area (Å²) in [7, 11) is 1.80. The quantitative estimate of drug-likeness (QED) is 0.625. The van der Waals surface area contributed by atoms with Crippen LogP contribution >= 0.6 is 11.3 Å². The number of guanidine groups is 1.